The van der Waals surface area contributed by atoms with Crippen molar-refractivity contribution in [1.82, 2.24) is 19.2 Å². The van der Waals surface area contributed by atoms with Crippen LogP contribution in [-0.2, 0) is 10.2 Å². The molecular weight excluding hydrogens is 264 g/mol. The molecule has 0 aromatic rings. The van der Waals surface area contributed by atoms with Gasteiger partial charge in [-0.1, -0.05) is 13.8 Å². The van der Waals surface area contributed by atoms with Crippen molar-refractivity contribution in [3.63, 3.8) is 0 Å². The van der Waals surface area contributed by atoms with Crippen LogP contribution in [-0.4, -0.2) is 69.6 Å². The third kappa shape index (κ3) is 5.35. The fourth-order valence-corrected chi connectivity index (χ4v) is 3.32. The number of hydrogen-bond acceptors (Lipinski definition) is 4. The van der Waals surface area contributed by atoms with Gasteiger partial charge in [-0.2, -0.15) is 8.42 Å². The second-order valence-corrected chi connectivity index (χ2v) is 7.14. The van der Waals surface area contributed by atoms with Gasteiger partial charge in [0.15, 0.2) is 0 Å². The molecule has 1 rings (SSSR count). The van der Waals surface area contributed by atoms with Crippen LogP contribution in [0.4, 0.5) is 0 Å². The van der Waals surface area contributed by atoms with Crippen LogP contribution in [0.5, 0.6) is 0 Å². The van der Waals surface area contributed by atoms with E-state index in [0.29, 0.717) is 13.1 Å². The van der Waals surface area contributed by atoms with Gasteiger partial charge in [0, 0.05) is 44.8 Å². The Morgan fingerprint density at radius 3 is 2.11 bits per heavy atom. The zero-order valence-electron chi connectivity index (χ0n) is 12.6. The molecule has 0 aliphatic carbocycles. The fourth-order valence-electron chi connectivity index (χ4n) is 2.29. The Labute approximate surface area is 117 Å². The van der Waals surface area contributed by atoms with Gasteiger partial charge in [0.05, 0.1) is 0 Å². The Morgan fingerprint density at radius 2 is 1.63 bits per heavy atom. The van der Waals surface area contributed by atoms with Gasteiger partial charge in [0.1, 0.15) is 0 Å². The minimum absolute atomic E-state index is 0.164. The van der Waals surface area contributed by atoms with E-state index in [1.807, 2.05) is 0 Å². The van der Waals surface area contributed by atoms with Gasteiger partial charge in [-0.05, 0) is 20.4 Å². The van der Waals surface area contributed by atoms with Gasteiger partial charge in [0.2, 0.25) is 0 Å². The fraction of sp³-hybridized carbons (Fsp3) is 1.00. The molecule has 6 nitrogen and oxygen atoms in total. The molecule has 0 radical (unpaired) electrons. The van der Waals surface area contributed by atoms with E-state index in [0.717, 1.165) is 32.7 Å². The highest BCUT2D eigenvalue weighted by atomic mass is 32.2. The highest BCUT2D eigenvalue weighted by molar-refractivity contribution is 7.87. The van der Waals surface area contributed by atoms with Gasteiger partial charge in [-0.15, -0.1) is 0 Å². The zero-order valence-corrected chi connectivity index (χ0v) is 13.4. The number of nitrogens with one attached hydrogen (secondary N) is 2. The predicted molar refractivity (Wildman–Crippen MR) is 78.4 cm³/mol. The highest BCUT2D eigenvalue weighted by Crippen LogP contribution is 2.16. The number of likely N-dealkylation sites (N-methyl/N-ethyl adjacent to an activating group) is 1. The summed E-state index contributed by atoms with van der Waals surface area (Å²) in [6.45, 7) is 14.1. The molecule has 0 spiro atoms. The molecular formula is C12H28N4O2S. The predicted octanol–water partition coefficient (Wildman–Crippen LogP) is -0.154. The first-order chi connectivity index (χ1) is 8.80. The summed E-state index contributed by atoms with van der Waals surface area (Å²) in [4.78, 5) is 4.77. The maximum atomic E-state index is 11.6. The Morgan fingerprint density at radius 1 is 1.05 bits per heavy atom. The van der Waals surface area contributed by atoms with E-state index in [4.69, 9.17) is 0 Å². The second kappa shape index (κ2) is 6.99. The van der Waals surface area contributed by atoms with E-state index in [1.165, 1.54) is 0 Å². The number of piperazine rings is 1. The zero-order chi connectivity index (χ0) is 14.5. The van der Waals surface area contributed by atoms with Gasteiger partial charge in [-0.3, -0.25) is 4.90 Å². The summed E-state index contributed by atoms with van der Waals surface area (Å²) in [5.74, 6) is 0. The van der Waals surface area contributed by atoms with E-state index in [9.17, 15) is 8.42 Å². The monoisotopic (exact) mass is 292 g/mol. The van der Waals surface area contributed by atoms with Crippen LogP contribution < -0.4 is 9.44 Å². The summed E-state index contributed by atoms with van der Waals surface area (Å²) in [6.07, 6.45) is 0. The van der Waals surface area contributed by atoms with Crippen LogP contribution in [0.3, 0.4) is 0 Å². The smallest absolute Gasteiger partial charge is 0.276 e. The molecule has 0 bridgehead atoms. The van der Waals surface area contributed by atoms with Crippen molar-refractivity contribution < 1.29 is 8.42 Å². The van der Waals surface area contributed by atoms with Crippen LogP contribution in [0.25, 0.3) is 0 Å². The second-order valence-electron chi connectivity index (χ2n) is 5.56. The largest absolute Gasteiger partial charge is 0.301 e. The standard InChI is InChI=1S/C12H28N4O2S/c1-5-13-19(17,18)14-11-12(3,4)16-9-7-15(6-2)8-10-16/h13-14H,5-11H2,1-4H3. The Hall–Kier alpha value is -0.210. The van der Waals surface area contributed by atoms with Crippen molar-refractivity contribution >= 4 is 10.2 Å². The van der Waals surface area contributed by atoms with Gasteiger partial charge in [-0.25, -0.2) is 9.44 Å². The van der Waals surface area contributed by atoms with Gasteiger partial charge in [0.25, 0.3) is 10.2 Å². The van der Waals surface area contributed by atoms with Crippen LogP contribution in [0.2, 0.25) is 0 Å². The van der Waals surface area contributed by atoms with Crippen LogP contribution in [0, 0.1) is 0 Å². The molecule has 0 amide bonds. The van der Waals surface area contributed by atoms with E-state index < -0.39 is 10.2 Å². The summed E-state index contributed by atoms with van der Waals surface area (Å²) in [7, 11) is -3.36. The quantitative estimate of drug-likeness (QED) is 0.685. The van der Waals surface area contributed by atoms with Crippen molar-refractivity contribution in [3.05, 3.63) is 0 Å². The third-order valence-electron chi connectivity index (χ3n) is 3.70. The molecule has 1 saturated heterocycles. The van der Waals surface area contributed by atoms with E-state index in [2.05, 4.69) is 40.0 Å². The van der Waals surface area contributed by atoms with Crippen molar-refractivity contribution in [2.45, 2.75) is 33.2 Å². The maximum absolute atomic E-state index is 11.6. The molecule has 0 aromatic carbocycles. The molecule has 0 atom stereocenters. The molecule has 1 fully saturated rings. The SMILES string of the molecule is CCNS(=O)(=O)NCC(C)(C)N1CCN(CC)CC1. The minimum atomic E-state index is -3.36. The first-order valence-electron chi connectivity index (χ1n) is 7.02. The van der Waals surface area contributed by atoms with E-state index in [1.54, 1.807) is 6.92 Å². The lowest BCUT2D eigenvalue weighted by atomic mass is 10.0. The average molecular weight is 292 g/mol. The molecule has 0 aromatic heterocycles. The van der Waals surface area contributed by atoms with Crippen molar-refractivity contribution in [2.75, 3.05) is 45.8 Å². The summed E-state index contributed by atoms with van der Waals surface area (Å²) < 4.78 is 28.3. The van der Waals surface area contributed by atoms with Gasteiger partial charge >= 0.3 is 0 Å². The number of rotatable bonds is 7. The topological polar surface area (TPSA) is 64.7 Å². The van der Waals surface area contributed by atoms with Crippen LogP contribution >= 0.6 is 0 Å². The summed E-state index contributed by atoms with van der Waals surface area (Å²) in [5, 5.41) is 0. The Balaban J connectivity index is 2.48. The number of hydrogen-bond donors (Lipinski definition) is 2. The summed E-state index contributed by atoms with van der Waals surface area (Å²) >= 11 is 0. The lowest BCUT2D eigenvalue weighted by Crippen LogP contribution is -2.58. The van der Waals surface area contributed by atoms with Crippen molar-refractivity contribution in [2.24, 2.45) is 0 Å². The molecule has 0 saturated carbocycles. The summed E-state index contributed by atoms with van der Waals surface area (Å²) in [6, 6.07) is 0. The normalized spacial score (nSPS) is 19.8. The molecule has 1 aliphatic heterocycles. The average Bonchev–Trinajstić information content (AvgIpc) is 2.37. The van der Waals surface area contributed by atoms with Crippen LogP contribution in [0.15, 0.2) is 0 Å². The highest BCUT2D eigenvalue weighted by Gasteiger charge is 2.30. The lowest BCUT2D eigenvalue weighted by Gasteiger charge is -2.43. The van der Waals surface area contributed by atoms with Gasteiger partial charge < -0.3 is 4.90 Å². The van der Waals surface area contributed by atoms with Crippen molar-refractivity contribution in [3.8, 4) is 0 Å². The Bertz CT molecular complexity index is 362. The van der Waals surface area contributed by atoms with Crippen LogP contribution in [0.1, 0.15) is 27.7 Å². The molecule has 2 N–H and O–H groups in total. The summed E-state index contributed by atoms with van der Waals surface area (Å²) in [5.41, 5.74) is -0.164. The van der Waals surface area contributed by atoms with E-state index >= 15 is 0 Å². The maximum Gasteiger partial charge on any atom is 0.276 e. The lowest BCUT2D eigenvalue weighted by molar-refractivity contribution is 0.0571. The molecule has 1 heterocycles. The first kappa shape index (κ1) is 16.8. The minimum Gasteiger partial charge on any atom is -0.301 e. The first-order valence-corrected chi connectivity index (χ1v) is 8.50. The molecule has 114 valence electrons. The molecule has 19 heavy (non-hydrogen) atoms. The third-order valence-corrected chi connectivity index (χ3v) is 4.90. The van der Waals surface area contributed by atoms with Crippen molar-refractivity contribution in [1.29, 1.82) is 0 Å². The number of nitrogens with zero attached hydrogens (tertiary/aromatic N) is 2. The molecule has 0 unspecified atom stereocenters. The molecule has 7 heteroatoms. The van der Waals surface area contributed by atoms with E-state index in [-0.39, 0.29) is 5.54 Å². The molecule has 1 aliphatic rings. The Kier molecular flexibility index (Phi) is 6.19.